The Morgan fingerprint density at radius 2 is 2.05 bits per heavy atom. The molecule has 106 valence electrons. The van der Waals surface area contributed by atoms with Crippen LogP contribution in [0.2, 0.25) is 0 Å². The molecule has 0 radical (unpaired) electrons. The molecule has 0 saturated carbocycles. The van der Waals surface area contributed by atoms with Crippen molar-refractivity contribution in [1.29, 1.82) is 0 Å². The molecule has 0 heterocycles. The lowest BCUT2D eigenvalue weighted by molar-refractivity contribution is -0.385. The second-order valence-corrected chi connectivity index (χ2v) is 4.76. The molecular weight excluding hydrogens is 295 g/mol. The molecule has 0 bridgehead atoms. The summed E-state index contributed by atoms with van der Waals surface area (Å²) in [6.45, 7) is 1.33. The van der Waals surface area contributed by atoms with Crippen LogP contribution in [0.5, 0.6) is 0 Å². The van der Waals surface area contributed by atoms with Gasteiger partial charge in [0.25, 0.3) is 5.69 Å². The molecule has 0 unspecified atom stereocenters. The summed E-state index contributed by atoms with van der Waals surface area (Å²) in [6.07, 6.45) is -4.68. The lowest BCUT2D eigenvalue weighted by Crippen LogP contribution is -2.06. The SMILES string of the molecule is CC(=O)SCC#Cc1cc([N+](=O)[O-])cc(C(F)(F)F)c1. The minimum absolute atomic E-state index is 0.110. The highest BCUT2D eigenvalue weighted by Gasteiger charge is 2.32. The molecule has 1 aromatic carbocycles. The zero-order chi connectivity index (χ0) is 15.3. The van der Waals surface area contributed by atoms with E-state index in [1.165, 1.54) is 6.92 Å². The summed E-state index contributed by atoms with van der Waals surface area (Å²) >= 11 is 0.902. The van der Waals surface area contributed by atoms with Gasteiger partial charge in [0.2, 0.25) is 0 Å². The molecule has 1 rings (SSSR count). The van der Waals surface area contributed by atoms with Gasteiger partial charge < -0.3 is 0 Å². The number of hydrogen-bond donors (Lipinski definition) is 0. The molecule has 0 aliphatic carbocycles. The number of carbonyl (C=O) groups is 1. The molecule has 0 atom stereocenters. The summed E-state index contributed by atoms with van der Waals surface area (Å²) < 4.78 is 37.8. The van der Waals surface area contributed by atoms with Crippen LogP contribution in [-0.4, -0.2) is 15.8 Å². The predicted molar refractivity (Wildman–Crippen MR) is 68.1 cm³/mol. The van der Waals surface area contributed by atoms with Crippen LogP contribution < -0.4 is 0 Å². The van der Waals surface area contributed by atoms with Crippen LogP contribution in [0, 0.1) is 22.0 Å². The topological polar surface area (TPSA) is 60.2 Å². The third-order valence-electron chi connectivity index (χ3n) is 2.04. The van der Waals surface area contributed by atoms with E-state index in [1.807, 2.05) is 0 Å². The fourth-order valence-corrected chi connectivity index (χ4v) is 1.58. The highest BCUT2D eigenvalue weighted by molar-refractivity contribution is 8.13. The van der Waals surface area contributed by atoms with Gasteiger partial charge in [-0.1, -0.05) is 23.6 Å². The standard InChI is InChI=1S/C12H8F3NO3S/c1-8(17)20-4-2-3-9-5-10(12(13,14)15)7-11(6-9)16(18)19/h5-7H,4H2,1H3. The van der Waals surface area contributed by atoms with Crippen LogP contribution >= 0.6 is 11.8 Å². The second-order valence-electron chi connectivity index (χ2n) is 3.61. The van der Waals surface area contributed by atoms with Crippen molar-refractivity contribution in [3.05, 3.63) is 39.4 Å². The fraction of sp³-hybridized carbons (Fsp3) is 0.250. The number of halogens is 3. The summed E-state index contributed by atoms with van der Waals surface area (Å²) in [6, 6.07) is 2.15. The van der Waals surface area contributed by atoms with Gasteiger partial charge in [-0.15, -0.1) is 0 Å². The molecule has 0 spiro atoms. The average molecular weight is 303 g/mol. The minimum atomic E-state index is -4.68. The molecule has 0 saturated heterocycles. The van der Waals surface area contributed by atoms with Gasteiger partial charge in [-0.3, -0.25) is 14.9 Å². The Hall–Kier alpha value is -2.01. The number of rotatable bonds is 2. The number of alkyl halides is 3. The molecule has 0 fully saturated rings. The van der Waals surface area contributed by atoms with Crippen molar-refractivity contribution in [1.82, 2.24) is 0 Å². The first-order valence-electron chi connectivity index (χ1n) is 5.19. The Kier molecular flexibility index (Phi) is 5.16. The first-order chi connectivity index (χ1) is 9.20. The number of hydrogen-bond acceptors (Lipinski definition) is 4. The third kappa shape index (κ3) is 4.93. The van der Waals surface area contributed by atoms with Crippen LogP contribution in [0.4, 0.5) is 18.9 Å². The summed E-state index contributed by atoms with van der Waals surface area (Å²) in [5, 5.41) is 10.4. The van der Waals surface area contributed by atoms with E-state index in [0.29, 0.717) is 6.07 Å². The van der Waals surface area contributed by atoms with Crippen molar-refractivity contribution in [3.63, 3.8) is 0 Å². The number of non-ortho nitro benzene ring substituents is 1. The van der Waals surface area contributed by atoms with Crippen LogP contribution in [0.1, 0.15) is 18.1 Å². The maximum atomic E-state index is 12.6. The molecule has 0 amide bonds. The molecule has 0 N–H and O–H groups in total. The van der Waals surface area contributed by atoms with Gasteiger partial charge in [0, 0.05) is 24.6 Å². The average Bonchev–Trinajstić information content (AvgIpc) is 2.33. The first kappa shape index (κ1) is 16.0. The summed E-state index contributed by atoms with van der Waals surface area (Å²) in [4.78, 5) is 20.3. The largest absolute Gasteiger partial charge is 0.416 e. The van der Waals surface area contributed by atoms with E-state index in [-0.39, 0.29) is 16.4 Å². The number of nitro benzene ring substituents is 1. The molecule has 20 heavy (non-hydrogen) atoms. The van der Waals surface area contributed by atoms with E-state index >= 15 is 0 Å². The van der Waals surface area contributed by atoms with Crippen LogP contribution in [0.15, 0.2) is 18.2 Å². The molecular formula is C12H8F3NO3S. The Bertz CT molecular complexity index is 602. The smallest absolute Gasteiger partial charge is 0.288 e. The molecule has 0 aromatic heterocycles. The molecule has 8 heteroatoms. The number of carbonyl (C=O) groups excluding carboxylic acids is 1. The van der Waals surface area contributed by atoms with Gasteiger partial charge in [0.15, 0.2) is 5.12 Å². The Balaban J connectivity index is 3.10. The molecule has 4 nitrogen and oxygen atoms in total. The maximum Gasteiger partial charge on any atom is 0.416 e. The lowest BCUT2D eigenvalue weighted by Gasteiger charge is -2.06. The highest BCUT2D eigenvalue weighted by Crippen LogP contribution is 2.32. The van der Waals surface area contributed by atoms with Gasteiger partial charge >= 0.3 is 6.18 Å². The fourth-order valence-electron chi connectivity index (χ4n) is 1.23. The normalized spacial score (nSPS) is 10.6. The second kappa shape index (κ2) is 6.43. The highest BCUT2D eigenvalue weighted by atomic mass is 32.2. The van der Waals surface area contributed by atoms with E-state index in [4.69, 9.17) is 0 Å². The third-order valence-corrected chi connectivity index (χ3v) is 2.73. The van der Waals surface area contributed by atoms with Crippen molar-refractivity contribution < 1.29 is 22.9 Å². The molecule has 0 aliphatic heterocycles. The van der Waals surface area contributed by atoms with E-state index in [9.17, 15) is 28.1 Å². The van der Waals surface area contributed by atoms with Crippen molar-refractivity contribution >= 4 is 22.6 Å². The van der Waals surface area contributed by atoms with E-state index in [0.717, 1.165) is 23.9 Å². The van der Waals surface area contributed by atoms with Crippen molar-refractivity contribution in [2.75, 3.05) is 5.75 Å². The zero-order valence-corrected chi connectivity index (χ0v) is 11.0. The van der Waals surface area contributed by atoms with E-state index in [2.05, 4.69) is 11.8 Å². The quantitative estimate of drug-likeness (QED) is 0.478. The van der Waals surface area contributed by atoms with Crippen molar-refractivity contribution in [2.45, 2.75) is 13.1 Å². The summed E-state index contributed by atoms with van der Waals surface area (Å²) in [5.41, 5.74) is -1.92. The summed E-state index contributed by atoms with van der Waals surface area (Å²) in [7, 11) is 0. The van der Waals surface area contributed by atoms with Gasteiger partial charge in [-0.2, -0.15) is 13.2 Å². The molecule has 0 aliphatic rings. The molecule has 1 aromatic rings. The van der Waals surface area contributed by atoms with Crippen molar-refractivity contribution in [3.8, 4) is 11.8 Å². The summed E-state index contributed by atoms with van der Waals surface area (Å²) in [5.74, 6) is 4.97. The predicted octanol–water partition coefficient (Wildman–Crippen LogP) is 3.24. The monoisotopic (exact) mass is 303 g/mol. The Morgan fingerprint density at radius 3 is 2.55 bits per heavy atom. The maximum absolute atomic E-state index is 12.6. The van der Waals surface area contributed by atoms with Crippen LogP contribution in [0.3, 0.4) is 0 Å². The number of nitrogens with zero attached hydrogens (tertiary/aromatic N) is 1. The Morgan fingerprint density at radius 1 is 1.40 bits per heavy atom. The number of nitro groups is 1. The van der Waals surface area contributed by atoms with Gasteiger partial charge in [-0.05, 0) is 6.07 Å². The lowest BCUT2D eigenvalue weighted by atomic mass is 10.1. The van der Waals surface area contributed by atoms with Gasteiger partial charge in [0.05, 0.1) is 16.2 Å². The minimum Gasteiger partial charge on any atom is -0.288 e. The van der Waals surface area contributed by atoms with Crippen LogP contribution in [-0.2, 0) is 11.0 Å². The number of benzene rings is 1. The van der Waals surface area contributed by atoms with Gasteiger partial charge in [0.1, 0.15) is 0 Å². The Labute approximate surface area is 116 Å². The van der Waals surface area contributed by atoms with E-state index < -0.39 is 22.4 Å². The first-order valence-corrected chi connectivity index (χ1v) is 6.17. The van der Waals surface area contributed by atoms with Crippen LogP contribution in [0.25, 0.3) is 0 Å². The number of thioether (sulfide) groups is 1. The van der Waals surface area contributed by atoms with Crippen molar-refractivity contribution in [2.24, 2.45) is 0 Å². The van der Waals surface area contributed by atoms with E-state index in [1.54, 1.807) is 0 Å². The van der Waals surface area contributed by atoms with Gasteiger partial charge in [-0.25, -0.2) is 0 Å². The zero-order valence-electron chi connectivity index (χ0n) is 10.2.